The van der Waals surface area contributed by atoms with E-state index in [0.29, 0.717) is 0 Å². The van der Waals surface area contributed by atoms with Gasteiger partial charge in [-0.15, -0.1) is 12.6 Å². The standard InChI is InChI=1S/C12H10O3S/c1-7-2-3-9(15-7)8-4-10-11(5-12(8)16)14-6-13-10/h2-5,16H,6H2,1H3. The van der Waals surface area contributed by atoms with Crippen LogP contribution in [0.5, 0.6) is 11.5 Å². The first-order valence-electron chi connectivity index (χ1n) is 4.93. The first kappa shape index (κ1) is 9.66. The van der Waals surface area contributed by atoms with Gasteiger partial charge in [-0.3, -0.25) is 0 Å². The van der Waals surface area contributed by atoms with Crippen LogP contribution in [0.3, 0.4) is 0 Å². The maximum absolute atomic E-state index is 5.56. The first-order valence-corrected chi connectivity index (χ1v) is 5.38. The molecule has 16 heavy (non-hydrogen) atoms. The first-order chi connectivity index (χ1) is 7.74. The average molecular weight is 234 g/mol. The summed E-state index contributed by atoms with van der Waals surface area (Å²) in [4.78, 5) is 0.818. The fourth-order valence-electron chi connectivity index (χ4n) is 1.71. The van der Waals surface area contributed by atoms with Crippen LogP contribution in [0, 0.1) is 6.92 Å². The van der Waals surface area contributed by atoms with Gasteiger partial charge in [0.2, 0.25) is 6.79 Å². The fourth-order valence-corrected chi connectivity index (χ4v) is 2.00. The Morgan fingerprint density at radius 1 is 1.12 bits per heavy atom. The number of hydrogen-bond donors (Lipinski definition) is 1. The molecule has 0 atom stereocenters. The minimum atomic E-state index is 0.267. The molecule has 0 N–H and O–H groups in total. The Labute approximate surface area is 98.4 Å². The highest BCUT2D eigenvalue weighted by atomic mass is 32.1. The lowest BCUT2D eigenvalue weighted by atomic mass is 10.1. The zero-order valence-corrected chi connectivity index (χ0v) is 9.58. The van der Waals surface area contributed by atoms with Gasteiger partial charge in [0.05, 0.1) is 0 Å². The van der Waals surface area contributed by atoms with Crippen LogP contribution in [0.4, 0.5) is 0 Å². The molecule has 0 fully saturated rings. The second kappa shape index (κ2) is 3.49. The number of fused-ring (bicyclic) bond motifs is 1. The molecule has 0 saturated heterocycles. The number of aryl methyl sites for hydroxylation is 1. The molecule has 4 heteroatoms. The van der Waals surface area contributed by atoms with Crippen LogP contribution < -0.4 is 9.47 Å². The fraction of sp³-hybridized carbons (Fsp3) is 0.167. The number of furan rings is 1. The Balaban J connectivity index is 2.14. The molecule has 1 aromatic carbocycles. The van der Waals surface area contributed by atoms with Crippen LogP contribution in [-0.2, 0) is 0 Å². The van der Waals surface area contributed by atoms with Crippen molar-refractivity contribution in [2.45, 2.75) is 11.8 Å². The number of ether oxygens (including phenoxy) is 2. The smallest absolute Gasteiger partial charge is 0.231 e. The highest BCUT2D eigenvalue weighted by Gasteiger charge is 2.18. The predicted molar refractivity (Wildman–Crippen MR) is 62.3 cm³/mol. The maximum atomic E-state index is 5.56. The number of hydrogen-bond acceptors (Lipinski definition) is 4. The molecule has 0 bridgehead atoms. The van der Waals surface area contributed by atoms with Crippen molar-refractivity contribution in [3.8, 4) is 22.8 Å². The van der Waals surface area contributed by atoms with Crippen molar-refractivity contribution < 1.29 is 13.9 Å². The zero-order valence-electron chi connectivity index (χ0n) is 8.69. The molecule has 3 rings (SSSR count). The maximum Gasteiger partial charge on any atom is 0.231 e. The van der Waals surface area contributed by atoms with Crippen LogP contribution >= 0.6 is 12.6 Å². The number of benzene rings is 1. The van der Waals surface area contributed by atoms with E-state index in [1.54, 1.807) is 0 Å². The molecule has 0 radical (unpaired) electrons. The third kappa shape index (κ3) is 1.46. The molecule has 1 aliphatic rings. The van der Waals surface area contributed by atoms with E-state index in [4.69, 9.17) is 13.9 Å². The summed E-state index contributed by atoms with van der Waals surface area (Å²) < 4.78 is 16.2. The van der Waals surface area contributed by atoms with E-state index in [1.165, 1.54) is 0 Å². The third-order valence-electron chi connectivity index (χ3n) is 2.50. The van der Waals surface area contributed by atoms with E-state index >= 15 is 0 Å². The second-order valence-corrected chi connectivity index (χ2v) is 4.11. The predicted octanol–water partition coefficient (Wildman–Crippen LogP) is 3.27. The second-order valence-electron chi connectivity index (χ2n) is 3.63. The molecule has 0 spiro atoms. The van der Waals surface area contributed by atoms with Gasteiger partial charge in [-0.05, 0) is 31.2 Å². The molecule has 0 unspecified atom stereocenters. The van der Waals surface area contributed by atoms with Crippen LogP contribution in [0.15, 0.2) is 33.6 Å². The van der Waals surface area contributed by atoms with Crippen molar-refractivity contribution in [1.82, 2.24) is 0 Å². The molecule has 1 aliphatic heterocycles. The van der Waals surface area contributed by atoms with Crippen LogP contribution in [0.1, 0.15) is 5.76 Å². The van der Waals surface area contributed by atoms with E-state index in [1.807, 2.05) is 31.2 Å². The average Bonchev–Trinajstić information content (AvgIpc) is 2.84. The van der Waals surface area contributed by atoms with Gasteiger partial charge in [-0.1, -0.05) is 0 Å². The van der Waals surface area contributed by atoms with Crippen LogP contribution in [0.2, 0.25) is 0 Å². The summed E-state index contributed by atoms with van der Waals surface area (Å²) in [6, 6.07) is 7.58. The molecule has 0 aliphatic carbocycles. The zero-order chi connectivity index (χ0) is 11.1. The number of rotatable bonds is 1. The Bertz CT molecular complexity index is 545. The normalized spacial score (nSPS) is 13.1. The molecule has 0 amide bonds. The van der Waals surface area contributed by atoms with Crippen molar-refractivity contribution in [3.63, 3.8) is 0 Å². The Hall–Kier alpha value is -1.55. The van der Waals surface area contributed by atoms with Gasteiger partial charge in [-0.25, -0.2) is 0 Å². The summed E-state index contributed by atoms with van der Waals surface area (Å²) in [7, 11) is 0. The molecule has 2 aromatic rings. The van der Waals surface area contributed by atoms with Crippen molar-refractivity contribution in [2.24, 2.45) is 0 Å². The van der Waals surface area contributed by atoms with Crippen molar-refractivity contribution >= 4 is 12.6 Å². The highest BCUT2D eigenvalue weighted by molar-refractivity contribution is 7.80. The molecule has 3 nitrogen and oxygen atoms in total. The lowest BCUT2D eigenvalue weighted by Gasteiger charge is -2.03. The van der Waals surface area contributed by atoms with Crippen molar-refractivity contribution in [1.29, 1.82) is 0 Å². The van der Waals surface area contributed by atoms with Gasteiger partial charge in [0, 0.05) is 10.5 Å². The number of thiol groups is 1. The van der Waals surface area contributed by atoms with Gasteiger partial charge in [0.15, 0.2) is 11.5 Å². The Kier molecular flexibility index (Phi) is 2.11. The van der Waals surface area contributed by atoms with E-state index < -0.39 is 0 Å². The van der Waals surface area contributed by atoms with E-state index in [2.05, 4.69) is 12.6 Å². The third-order valence-corrected chi connectivity index (χ3v) is 2.87. The quantitative estimate of drug-likeness (QED) is 0.768. The van der Waals surface area contributed by atoms with Crippen LogP contribution in [-0.4, -0.2) is 6.79 Å². The van der Waals surface area contributed by atoms with E-state index in [-0.39, 0.29) is 6.79 Å². The molecular formula is C12H10O3S. The van der Waals surface area contributed by atoms with Gasteiger partial charge in [0.1, 0.15) is 11.5 Å². The van der Waals surface area contributed by atoms with Gasteiger partial charge in [-0.2, -0.15) is 0 Å². The van der Waals surface area contributed by atoms with E-state index in [9.17, 15) is 0 Å². The molecule has 0 saturated carbocycles. The summed E-state index contributed by atoms with van der Waals surface area (Å²) in [5.74, 6) is 3.14. The van der Waals surface area contributed by atoms with Crippen molar-refractivity contribution in [3.05, 3.63) is 30.0 Å². The topological polar surface area (TPSA) is 31.6 Å². The molecule has 2 heterocycles. The minimum absolute atomic E-state index is 0.267. The Morgan fingerprint density at radius 3 is 2.56 bits per heavy atom. The monoisotopic (exact) mass is 234 g/mol. The lowest BCUT2D eigenvalue weighted by molar-refractivity contribution is 0.174. The Morgan fingerprint density at radius 2 is 1.88 bits per heavy atom. The van der Waals surface area contributed by atoms with Gasteiger partial charge < -0.3 is 13.9 Å². The van der Waals surface area contributed by atoms with Gasteiger partial charge >= 0.3 is 0 Å². The van der Waals surface area contributed by atoms with Crippen molar-refractivity contribution in [2.75, 3.05) is 6.79 Å². The van der Waals surface area contributed by atoms with E-state index in [0.717, 1.165) is 33.5 Å². The summed E-state index contributed by atoms with van der Waals surface area (Å²) >= 11 is 4.42. The van der Waals surface area contributed by atoms with Gasteiger partial charge in [0.25, 0.3) is 0 Å². The molecule has 1 aromatic heterocycles. The van der Waals surface area contributed by atoms with Crippen LogP contribution in [0.25, 0.3) is 11.3 Å². The summed E-state index contributed by atoms with van der Waals surface area (Å²) in [5.41, 5.74) is 0.917. The lowest BCUT2D eigenvalue weighted by Crippen LogP contribution is -1.92. The highest BCUT2D eigenvalue weighted by Crippen LogP contribution is 2.40. The minimum Gasteiger partial charge on any atom is -0.461 e. The summed E-state index contributed by atoms with van der Waals surface area (Å²) in [6.07, 6.45) is 0. The molecular weight excluding hydrogens is 224 g/mol. The summed E-state index contributed by atoms with van der Waals surface area (Å²) in [5, 5.41) is 0. The SMILES string of the molecule is Cc1ccc(-c2cc3c(cc2S)OCO3)o1. The summed E-state index contributed by atoms with van der Waals surface area (Å²) in [6.45, 7) is 2.18. The molecule has 82 valence electrons. The largest absolute Gasteiger partial charge is 0.461 e.